The van der Waals surface area contributed by atoms with Crippen LogP contribution in [0.2, 0.25) is 0 Å². The van der Waals surface area contributed by atoms with Crippen LogP contribution in [-0.2, 0) is 12.8 Å². The summed E-state index contributed by atoms with van der Waals surface area (Å²) in [7, 11) is 1.95. The minimum Gasteiger partial charge on any atom is -0.319 e. The van der Waals surface area contributed by atoms with Crippen molar-refractivity contribution in [2.45, 2.75) is 26.7 Å². The molecule has 0 aromatic carbocycles. The van der Waals surface area contributed by atoms with Crippen molar-refractivity contribution in [3.8, 4) is 0 Å². The molecule has 0 amide bonds. The summed E-state index contributed by atoms with van der Waals surface area (Å²) in [6, 6.07) is 4.11. The summed E-state index contributed by atoms with van der Waals surface area (Å²) in [5.41, 5.74) is 3.06. The minimum absolute atomic E-state index is 0.612. The zero-order chi connectivity index (χ0) is 13.1. The van der Waals surface area contributed by atoms with E-state index >= 15 is 0 Å². The van der Waals surface area contributed by atoms with Gasteiger partial charge in [0.05, 0.1) is 11.4 Å². The predicted molar refractivity (Wildman–Crippen MR) is 76.9 cm³/mol. The molecular weight excluding hydrogens is 292 g/mol. The fraction of sp³-hybridized carbons (Fsp3) is 0.538. The molecule has 98 valence electrons. The standard InChI is InChI=1S/C13H19BrN4/c1-9(2)8-10-4-5-12-16-11(6-7-15-3)13(14)18(12)17-10/h4-5,9,15H,6-8H2,1-3H3. The smallest absolute Gasteiger partial charge is 0.155 e. The van der Waals surface area contributed by atoms with E-state index in [1.165, 1.54) is 0 Å². The number of likely N-dealkylation sites (N-methyl/N-ethyl adjacent to an activating group) is 1. The summed E-state index contributed by atoms with van der Waals surface area (Å²) in [6.45, 7) is 5.32. The average Bonchev–Trinajstić information content (AvgIpc) is 2.63. The van der Waals surface area contributed by atoms with Gasteiger partial charge < -0.3 is 5.32 Å². The van der Waals surface area contributed by atoms with Gasteiger partial charge in [0, 0.05) is 13.0 Å². The molecule has 18 heavy (non-hydrogen) atoms. The summed E-state index contributed by atoms with van der Waals surface area (Å²) < 4.78 is 2.86. The molecule has 0 spiro atoms. The molecule has 0 fully saturated rings. The molecule has 0 saturated carbocycles. The lowest BCUT2D eigenvalue weighted by Crippen LogP contribution is -2.10. The van der Waals surface area contributed by atoms with Crippen LogP contribution in [0.25, 0.3) is 5.65 Å². The molecular formula is C13H19BrN4. The zero-order valence-electron chi connectivity index (χ0n) is 11.1. The molecule has 0 aliphatic carbocycles. The van der Waals surface area contributed by atoms with Gasteiger partial charge in [-0.15, -0.1) is 0 Å². The van der Waals surface area contributed by atoms with E-state index in [-0.39, 0.29) is 0 Å². The Morgan fingerprint density at radius 2 is 2.17 bits per heavy atom. The number of halogens is 1. The van der Waals surface area contributed by atoms with Crippen LogP contribution in [0.4, 0.5) is 0 Å². The van der Waals surface area contributed by atoms with E-state index in [0.717, 1.165) is 41.0 Å². The van der Waals surface area contributed by atoms with Crippen LogP contribution in [0.15, 0.2) is 16.7 Å². The van der Waals surface area contributed by atoms with Crippen LogP contribution in [0.3, 0.4) is 0 Å². The van der Waals surface area contributed by atoms with Gasteiger partial charge in [-0.2, -0.15) is 5.10 Å². The van der Waals surface area contributed by atoms with Crippen molar-refractivity contribution >= 4 is 21.6 Å². The molecule has 2 heterocycles. The van der Waals surface area contributed by atoms with E-state index in [0.29, 0.717) is 5.92 Å². The molecule has 0 radical (unpaired) electrons. The van der Waals surface area contributed by atoms with Gasteiger partial charge in [0.25, 0.3) is 0 Å². The molecule has 2 aromatic heterocycles. The topological polar surface area (TPSA) is 42.2 Å². The van der Waals surface area contributed by atoms with Gasteiger partial charge in [0.2, 0.25) is 0 Å². The third-order valence-corrected chi connectivity index (χ3v) is 3.57. The molecule has 0 aliphatic rings. The minimum atomic E-state index is 0.612. The predicted octanol–water partition coefficient (Wildman–Crippen LogP) is 2.45. The summed E-state index contributed by atoms with van der Waals surface area (Å²) >= 11 is 3.59. The van der Waals surface area contributed by atoms with Crippen molar-refractivity contribution in [3.05, 3.63) is 28.1 Å². The largest absolute Gasteiger partial charge is 0.319 e. The van der Waals surface area contributed by atoms with Crippen LogP contribution < -0.4 is 5.32 Å². The quantitative estimate of drug-likeness (QED) is 0.922. The third kappa shape index (κ3) is 2.90. The van der Waals surface area contributed by atoms with Gasteiger partial charge in [0.1, 0.15) is 4.60 Å². The summed E-state index contributed by atoms with van der Waals surface area (Å²) in [4.78, 5) is 4.58. The Morgan fingerprint density at radius 3 is 2.83 bits per heavy atom. The highest BCUT2D eigenvalue weighted by Crippen LogP contribution is 2.19. The molecule has 0 saturated heterocycles. The molecule has 0 unspecified atom stereocenters. The number of hydrogen-bond donors (Lipinski definition) is 1. The highest BCUT2D eigenvalue weighted by Gasteiger charge is 2.11. The number of nitrogens with zero attached hydrogens (tertiary/aromatic N) is 3. The first-order chi connectivity index (χ1) is 8.61. The maximum absolute atomic E-state index is 4.63. The first-order valence-electron chi connectivity index (χ1n) is 6.29. The van der Waals surface area contributed by atoms with Crippen LogP contribution in [-0.4, -0.2) is 28.2 Å². The van der Waals surface area contributed by atoms with Crippen molar-refractivity contribution in [2.75, 3.05) is 13.6 Å². The van der Waals surface area contributed by atoms with Crippen LogP contribution in [0.5, 0.6) is 0 Å². The van der Waals surface area contributed by atoms with E-state index in [4.69, 9.17) is 0 Å². The van der Waals surface area contributed by atoms with Crippen molar-refractivity contribution in [1.82, 2.24) is 19.9 Å². The Hall–Kier alpha value is -0.940. The normalized spacial score (nSPS) is 11.6. The maximum atomic E-state index is 4.63. The molecule has 2 rings (SSSR count). The lowest BCUT2D eigenvalue weighted by molar-refractivity contribution is 0.623. The van der Waals surface area contributed by atoms with Gasteiger partial charge >= 0.3 is 0 Å². The van der Waals surface area contributed by atoms with Crippen LogP contribution in [0, 0.1) is 5.92 Å². The van der Waals surface area contributed by atoms with Gasteiger partial charge in [0.15, 0.2) is 5.65 Å². The van der Waals surface area contributed by atoms with Gasteiger partial charge in [-0.3, -0.25) is 0 Å². The molecule has 0 aliphatic heterocycles. The second-order valence-corrected chi connectivity index (χ2v) is 5.65. The lowest BCUT2D eigenvalue weighted by Gasteiger charge is -2.04. The molecule has 0 atom stereocenters. The molecule has 4 nitrogen and oxygen atoms in total. The number of rotatable bonds is 5. The Labute approximate surface area is 116 Å². The highest BCUT2D eigenvalue weighted by molar-refractivity contribution is 9.10. The number of fused-ring (bicyclic) bond motifs is 1. The monoisotopic (exact) mass is 310 g/mol. The van der Waals surface area contributed by atoms with Crippen LogP contribution in [0.1, 0.15) is 25.2 Å². The van der Waals surface area contributed by atoms with Crippen molar-refractivity contribution < 1.29 is 0 Å². The van der Waals surface area contributed by atoms with E-state index in [2.05, 4.69) is 51.2 Å². The Morgan fingerprint density at radius 1 is 1.39 bits per heavy atom. The first kappa shape index (κ1) is 13.5. The van der Waals surface area contributed by atoms with Crippen molar-refractivity contribution in [3.63, 3.8) is 0 Å². The van der Waals surface area contributed by atoms with Crippen LogP contribution >= 0.6 is 15.9 Å². The van der Waals surface area contributed by atoms with E-state index in [1.54, 1.807) is 0 Å². The second-order valence-electron chi connectivity index (χ2n) is 4.90. The average molecular weight is 311 g/mol. The summed E-state index contributed by atoms with van der Waals surface area (Å²) in [5, 5.41) is 7.77. The zero-order valence-corrected chi connectivity index (χ0v) is 12.7. The van der Waals surface area contributed by atoms with Crippen molar-refractivity contribution in [1.29, 1.82) is 0 Å². The number of aromatic nitrogens is 3. The fourth-order valence-corrected chi connectivity index (χ4v) is 2.47. The summed E-state index contributed by atoms with van der Waals surface area (Å²) in [6.07, 6.45) is 1.90. The Kier molecular flexibility index (Phi) is 4.35. The SMILES string of the molecule is CNCCc1nc2ccc(CC(C)C)nn2c1Br. The van der Waals surface area contributed by atoms with Gasteiger partial charge in [-0.05, 0) is 47.4 Å². The Bertz CT molecular complexity index is 533. The molecule has 2 aromatic rings. The first-order valence-corrected chi connectivity index (χ1v) is 7.08. The van der Waals surface area contributed by atoms with E-state index in [9.17, 15) is 0 Å². The highest BCUT2D eigenvalue weighted by atomic mass is 79.9. The number of imidazole rings is 1. The van der Waals surface area contributed by atoms with Gasteiger partial charge in [-0.1, -0.05) is 13.8 Å². The van der Waals surface area contributed by atoms with E-state index < -0.39 is 0 Å². The maximum Gasteiger partial charge on any atom is 0.155 e. The molecule has 0 bridgehead atoms. The lowest BCUT2D eigenvalue weighted by atomic mass is 10.1. The number of nitrogens with one attached hydrogen (secondary N) is 1. The second kappa shape index (κ2) is 5.80. The summed E-state index contributed by atoms with van der Waals surface area (Å²) in [5.74, 6) is 0.612. The van der Waals surface area contributed by atoms with E-state index in [1.807, 2.05) is 17.6 Å². The third-order valence-electron chi connectivity index (χ3n) is 2.77. The van der Waals surface area contributed by atoms with Gasteiger partial charge in [-0.25, -0.2) is 9.50 Å². The fourth-order valence-electron chi connectivity index (χ4n) is 1.92. The molecule has 1 N–H and O–H groups in total. The Balaban J connectivity index is 2.34. The number of hydrogen-bond acceptors (Lipinski definition) is 3. The molecule has 5 heteroatoms. The van der Waals surface area contributed by atoms with Crippen molar-refractivity contribution in [2.24, 2.45) is 5.92 Å².